The maximum atomic E-state index is 12.0. The highest BCUT2D eigenvalue weighted by Crippen LogP contribution is 2.25. The third kappa shape index (κ3) is 4.48. The van der Waals surface area contributed by atoms with Crippen molar-refractivity contribution < 1.29 is 4.79 Å². The molecule has 0 bridgehead atoms. The summed E-state index contributed by atoms with van der Waals surface area (Å²) in [4.78, 5) is 12.0. The Hall–Kier alpha value is -1.51. The van der Waals surface area contributed by atoms with Crippen LogP contribution in [0.2, 0.25) is 10.0 Å². The second kappa shape index (κ2) is 7.48. The molecule has 0 saturated carbocycles. The Morgan fingerprint density at radius 2 is 1.67 bits per heavy atom. The van der Waals surface area contributed by atoms with Gasteiger partial charge < -0.3 is 5.32 Å². The van der Waals surface area contributed by atoms with Crippen molar-refractivity contribution >= 4 is 29.1 Å². The lowest BCUT2D eigenvalue weighted by Gasteiger charge is -2.14. The van der Waals surface area contributed by atoms with E-state index in [0.717, 1.165) is 11.1 Å². The second-order valence-electron chi connectivity index (χ2n) is 4.90. The van der Waals surface area contributed by atoms with Crippen molar-refractivity contribution in [2.24, 2.45) is 0 Å². The van der Waals surface area contributed by atoms with E-state index in [2.05, 4.69) is 5.32 Å². The van der Waals surface area contributed by atoms with E-state index in [0.29, 0.717) is 22.9 Å². The van der Waals surface area contributed by atoms with E-state index >= 15 is 0 Å². The Kier molecular flexibility index (Phi) is 5.66. The van der Waals surface area contributed by atoms with Gasteiger partial charge in [0.15, 0.2) is 0 Å². The minimum Gasteiger partial charge on any atom is -0.350 e. The predicted molar refractivity (Wildman–Crippen MR) is 87.8 cm³/mol. The van der Waals surface area contributed by atoms with Crippen LogP contribution in [0.15, 0.2) is 48.5 Å². The number of halogens is 2. The molecule has 0 saturated heterocycles. The first kappa shape index (κ1) is 15.9. The van der Waals surface area contributed by atoms with Crippen LogP contribution in [0.25, 0.3) is 0 Å². The van der Waals surface area contributed by atoms with Crippen molar-refractivity contribution in [3.63, 3.8) is 0 Å². The van der Waals surface area contributed by atoms with Gasteiger partial charge in [0.05, 0.1) is 6.04 Å². The zero-order valence-electron chi connectivity index (χ0n) is 11.8. The molecule has 0 unspecified atom stereocenters. The summed E-state index contributed by atoms with van der Waals surface area (Å²) in [5.41, 5.74) is 1.91. The van der Waals surface area contributed by atoms with E-state index in [1.54, 1.807) is 18.2 Å². The molecule has 2 nitrogen and oxygen atoms in total. The fourth-order valence-electron chi connectivity index (χ4n) is 2.15. The summed E-state index contributed by atoms with van der Waals surface area (Å²) < 4.78 is 0. The molecule has 2 aromatic rings. The van der Waals surface area contributed by atoms with Crippen LogP contribution < -0.4 is 5.32 Å². The molecule has 0 aromatic heterocycles. The van der Waals surface area contributed by atoms with Crippen molar-refractivity contribution in [3.8, 4) is 0 Å². The largest absolute Gasteiger partial charge is 0.350 e. The maximum Gasteiger partial charge on any atom is 0.220 e. The summed E-state index contributed by atoms with van der Waals surface area (Å²) in [6, 6.07) is 15.2. The zero-order chi connectivity index (χ0) is 15.2. The standard InChI is InChI=1S/C17H17Cl2NO/c1-12(13-6-3-2-4-7-13)20-17(21)11-10-14-15(18)8-5-9-16(14)19/h2-9,12H,10-11H2,1H3,(H,20,21)/t12-/m0/s1. The van der Waals surface area contributed by atoms with Crippen molar-refractivity contribution in [2.45, 2.75) is 25.8 Å². The van der Waals surface area contributed by atoms with Crippen LogP contribution in [-0.2, 0) is 11.2 Å². The molecule has 4 heteroatoms. The molecular formula is C17H17Cl2NO. The van der Waals surface area contributed by atoms with Gasteiger partial charge in [-0.2, -0.15) is 0 Å². The molecule has 1 atom stereocenters. The first-order valence-corrected chi connectivity index (χ1v) is 7.60. The molecule has 2 rings (SSSR count). The molecule has 0 heterocycles. The Labute approximate surface area is 135 Å². The summed E-state index contributed by atoms with van der Waals surface area (Å²) >= 11 is 12.2. The molecule has 0 aliphatic heterocycles. The van der Waals surface area contributed by atoms with Gasteiger partial charge in [0.2, 0.25) is 5.91 Å². The molecular weight excluding hydrogens is 305 g/mol. The van der Waals surface area contributed by atoms with Gasteiger partial charge in [-0.1, -0.05) is 59.6 Å². The van der Waals surface area contributed by atoms with Crippen molar-refractivity contribution in [2.75, 3.05) is 0 Å². The lowest BCUT2D eigenvalue weighted by Crippen LogP contribution is -2.26. The van der Waals surface area contributed by atoms with Gasteiger partial charge in [-0.05, 0) is 36.6 Å². The number of carbonyl (C=O) groups excluding carboxylic acids is 1. The van der Waals surface area contributed by atoms with E-state index in [4.69, 9.17) is 23.2 Å². The number of hydrogen-bond donors (Lipinski definition) is 1. The molecule has 21 heavy (non-hydrogen) atoms. The van der Waals surface area contributed by atoms with Gasteiger partial charge in [0, 0.05) is 16.5 Å². The predicted octanol–water partition coefficient (Wildman–Crippen LogP) is 4.80. The minimum atomic E-state index is -0.0135. The molecule has 0 radical (unpaired) electrons. The highest BCUT2D eigenvalue weighted by Gasteiger charge is 2.11. The molecule has 0 aliphatic carbocycles. The molecule has 110 valence electrons. The number of rotatable bonds is 5. The molecule has 1 amide bonds. The molecule has 1 N–H and O–H groups in total. The summed E-state index contributed by atoms with van der Waals surface area (Å²) in [6.45, 7) is 1.97. The quantitative estimate of drug-likeness (QED) is 0.841. The van der Waals surface area contributed by atoms with Crippen molar-refractivity contribution in [3.05, 3.63) is 69.7 Å². The Bertz CT molecular complexity index is 593. The third-order valence-corrected chi connectivity index (χ3v) is 4.05. The number of hydrogen-bond acceptors (Lipinski definition) is 1. The van der Waals surface area contributed by atoms with Crippen LogP contribution in [0, 0.1) is 0 Å². The minimum absolute atomic E-state index is 0.0117. The number of benzene rings is 2. The monoisotopic (exact) mass is 321 g/mol. The first-order chi connectivity index (χ1) is 10.1. The molecule has 2 aromatic carbocycles. The number of amides is 1. The van der Waals surface area contributed by atoms with Crippen LogP contribution >= 0.6 is 23.2 Å². The van der Waals surface area contributed by atoms with E-state index in [-0.39, 0.29) is 11.9 Å². The highest BCUT2D eigenvalue weighted by atomic mass is 35.5. The fraction of sp³-hybridized carbons (Fsp3) is 0.235. The maximum absolute atomic E-state index is 12.0. The lowest BCUT2D eigenvalue weighted by molar-refractivity contribution is -0.121. The van der Waals surface area contributed by atoms with E-state index < -0.39 is 0 Å². The average molecular weight is 322 g/mol. The molecule has 0 spiro atoms. The number of nitrogens with one attached hydrogen (secondary N) is 1. The van der Waals surface area contributed by atoms with Gasteiger partial charge in [-0.25, -0.2) is 0 Å². The van der Waals surface area contributed by atoms with Gasteiger partial charge in [-0.3, -0.25) is 4.79 Å². The molecule has 0 fully saturated rings. The van der Waals surface area contributed by atoms with E-state index in [9.17, 15) is 4.79 Å². The van der Waals surface area contributed by atoms with Gasteiger partial charge in [0.25, 0.3) is 0 Å². The van der Waals surface area contributed by atoms with Crippen LogP contribution in [0.1, 0.15) is 30.5 Å². The average Bonchev–Trinajstić information content (AvgIpc) is 2.47. The van der Waals surface area contributed by atoms with Crippen LogP contribution in [-0.4, -0.2) is 5.91 Å². The van der Waals surface area contributed by atoms with Crippen LogP contribution in [0.5, 0.6) is 0 Å². The number of carbonyl (C=O) groups is 1. The van der Waals surface area contributed by atoms with E-state index in [1.807, 2.05) is 37.3 Å². The SMILES string of the molecule is C[C@H](NC(=O)CCc1c(Cl)cccc1Cl)c1ccccc1. The summed E-state index contributed by atoms with van der Waals surface area (Å²) in [5.74, 6) is -0.0117. The van der Waals surface area contributed by atoms with Crippen LogP contribution in [0.4, 0.5) is 0 Å². The summed E-state index contributed by atoms with van der Waals surface area (Å²) in [5, 5.41) is 4.19. The topological polar surface area (TPSA) is 29.1 Å². The lowest BCUT2D eigenvalue weighted by atomic mass is 10.1. The second-order valence-corrected chi connectivity index (χ2v) is 5.71. The van der Waals surface area contributed by atoms with E-state index in [1.165, 1.54) is 0 Å². The Balaban J connectivity index is 1.91. The smallest absolute Gasteiger partial charge is 0.220 e. The molecule has 0 aliphatic rings. The van der Waals surface area contributed by atoms with Crippen molar-refractivity contribution in [1.29, 1.82) is 0 Å². The first-order valence-electron chi connectivity index (χ1n) is 6.85. The normalized spacial score (nSPS) is 12.0. The summed E-state index contributed by atoms with van der Waals surface area (Å²) in [6.07, 6.45) is 0.895. The summed E-state index contributed by atoms with van der Waals surface area (Å²) in [7, 11) is 0. The van der Waals surface area contributed by atoms with Gasteiger partial charge >= 0.3 is 0 Å². The van der Waals surface area contributed by atoms with Crippen LogP contribution in [0.3, 0.4) is 0 Å². The van der Waals surface area contributed by atoms with Gasteiger partial charge in [-0.15, -0.1) is 0 Å². The fourth-order valence-corrected chi connectivity index (χ4v) is 2.73. The Morgan fingerprint density at radius 3 is 2.29 bits per heavy atom. The van der Waals surface area contributed by atoms with Gasteiger partial charge in [0.1, 0.15) is 0 Å². The highest BCUT2D eigenvalue weighted by molar-refractivity contribution is 6.36. The van der Waals surface area contributed by atoms with Crippen molar-refractivity contribution in [1.82, 2.24) is 5.32 Å². The Morgan fingerprint density at radius 1 is 1.05 bits per heavy atom. The third-order valence-electron chi connectivity index (χ3n) is 3.34. The zero-order valence-corrected chi connectivity index (χ0v) is 13.3.